The maximum atomic E-state index is 13.3. The number of benzene rings is 3. The van der Waals surface area contributed by atoms with Crippen LogP contribution in [0.25, 0.3) is 28.4 Å². The van der Waals surface area contributed by atoms with E-state index in [1.54, 1.807) is 49.6 Å². The second-order valence-corrected chi connectivity index (χ2v) is 7.17. The van der Waals surface area contributed by atoms with Gasteiger partial charge in [-0.25, -0.2) is 4.79 Å². The maximum Gasteiger partial charge on any atom is 0.336 e. The van der Waals surface area contributed by atoms with Crippen LogP contribution in [-0.2, 0) is 11.2 Å². The van der Waals surface area contributed by atoms with Gasteiger partial charge in [0.05, 0.1) is 12.5 Å². The molecule has 0 amide bonds. The summed E-state index contributed by atoms with van der Waals surface area (Å²) < 4.78 is 16.7. The van der Waals surface area contributed by atoms with Crippen LogP contribution in [0.15, 0.2) is 88.1 Å². The molecule has 1 heterocycles. The number of methoxy groups -OCH3 is 1. The lowest BCUT2D eigenvalue weighted by Crippen LogP contribution is -2.14. The Balaban J connectivity index is 1.73. The topological polar surface area (TPSA) is 65.7 Å². The molecule has 0 fully saturated rings. The van der Waals surface area contributed by atoms with Gasteiger partial charge < -0.3 is 13.9 Å². The predicted molar refractivity (Wildman–Crippen MR) is 125 cm³/mol. The van der Waals surface area contributed by atoms with Crippen molar-refractivity contribution in [2.75, 3.05) is 7.11 Å². The molecule has 4 rings (SSSR count). The summed E-state index contributed by atoms with van der Waals surface area (Å²) in [6, 6.07) is 21.8. The summed E-state index contributed by atoms with van der Waals surface area (Å²) in [5, 5.41) is 0.381. The lowest BCUT2D eigenvalue weighted by Gasteiger charge is -2.10. The molecule has 0 atom stereocenters. The van der Waals surface area contributed by atoms with E-state index in [0.717, 1.165) is 23.3 Å². The van der Waals surface area contributed by atoms with E-state index in [1.807, 2.05) is 43.3 Å². The van der Waals surface area contributed by atoms with Crippen LogP contribution >= 0.6 is 0 Å². The third kappa shape index (κ3) is 4.47. The van der Waals surface area contributed by atoms with Crippen molar-refractivity contribution in [3.63, 3.8) is 0 Å². The van der Waals surface area contributed by atoms with E-state index in [1.165, 1.54) is 6.08 Å². The highest BCUT2D eigenvalue weighted by Crippen LogP contribution is 2.31. The number of carbonyl (C=O) groups excluding carboxylic acids is 1. The van der Waals surface area contributed by atoms with E-state index in [2.05, 4.69) is 0 Å². The Morgan fingerprint density at radius 2 is 1.75 bits per heavy atom. The summed E-state index contributed by atoms with van der Waals surface area (Å²) in [4.78, 5) is 25.9. The first-order chi connectivity index (χ1) is 15.6. The summed E-state index contributed by atoms with van der Waals surface area (Å²) in [6.07, 6.45) is 3.67. The van der Waals surface area contributed by atoms with Crippen LogP contribution in [0.3, 0.4) is 0 Å². The first kappa shape index (κ1) is 21.1. The molecule has 0 N–H and O–H groups in total. The fourth-order valence-corrected chi connectivity index (χ4v) is 3.33. The lowest BCUT2D eigenvalue weighted by atomic mass is 10.1. The molecular weight excluding hydrogens is 404 g/mol. The number of hydrogen-bond donors (Lipinski definition) is 0. The molecule has 5 heteroatoms. The first-order valence-corrected chi connectivity index (χ1v) is 10.3. The summed E-state index contributed by atoms with van der Waals surface area (Å²) >= 11 is 0. The Labute approximate surface area is 185 Å². The molecule has 5 nitrogen and oxygen atoms in total. The number of rotatable bonds is 6. The highest BCUT2D eigenvalue weighted by atomic mass is 16.5. The standard InChI is InChI=1S/C27H22O5/c1-3-18-11-15-23-22(17-18)25(29)27(26(31-23)20-7-5-4-6-8-20)32-24(28)16-12-19-9-13-21(30-2)14-10-19/h4-17H,3H2,1-2H3. The SMILES string of the molecule is CCc1ccc2oc(-c3ccccc3)c(OC(=O)C=Cc3ccc(OC)cc3)c(=O)c2c1. The summed E-state index contributed by atoms with van der Waals surface area (Å²) in [7, 11) is 1.59. The number of fused-ring (bicyclic) bond motifs is 1. The van der Waals surface area contributed by atoms with E-state index in [0.29, 0.717) is 16.5 Å². The molecular formula is C27H22O5. The highest BCUT2D eigenvalue weighted by molar-refractivity contribution is 5.91. The molecule has 0 saturated heterocycles. The fraction of sp³-hybridized carbons (Fsp3) is 0.111. The van der Waals surface area contributed by atoms with Gasteiger partial charge in [0.15, 0.2) is 5.76 Å². The molecule has 160 valence electrons. The minimum absolute atomic E-state index is 0.124. The van der Waals surface area contributed by atoms with Crippen molar-refractivity contribution in [2.24, 2.45) is 0 Å². The van der Waals surface area contributed by atoms with E-state index < -0.39 is 5.97 Å². The highest BCUT2D eigenvalue weighted by Gasteiger charge is 2.20. The molecule has 0 bridgehead atoms. The number of esters is 1. The largest absolute Gasteiger partial charge is 0.497 e. The van der Waals surface area contributed by atoms with E-state index in [-0.39, 0.29) is 16.9 Å². The van der Waals surface area contributed by atoms with Gasteiger partial charge in [0.25, 0.3) is 0 Å². The Hall–Kier alpha value is -4.12. The van der Waals surface area contributed by atoms with Crippen LogP contribution in [0.2, 0.25) is 0 Å². The molecule has 0 spiro atoms. The Morgan fingerprint density at radius 3 is 2.44 bits per heavy atom. The van der Waals surface area contributed by atoms with E-state index >= 15 is 0 Å². The van der Waals surface area contributed by atoms with Gasteiger partial charge in [0.2, 0.25) is 11.2 Å². The van der Waals surface area contributed by atoms with Crippen molar-refractivity contribution < 1.29 is 18.7 Å². The minimum Gasteiger partial charge on any atom is -0.497 e. The Bertz CT molecular complexity index is 1330. The molecule has 0 saturated carbocycles. The normalized spacial score (nSPS) is 11.1. The third-order valence-corrected chi connectivity index (χ3v) is 5.09. The van der Waals surface area contributed by atoms with Crippen LogP contribution in [-0.4, -0.2) is 13.1 Å². The minimum atomic E-state index is -0.670. The zero-order valence-corrected chi connectivity index (χ0v) is 17.8. The fourth-order valence-electron chi connectivity index (χ4n) is 3.33. The van der Waals surface area contributed by atoms with E-state index in [4.69, 9.17) is 13.9 Å². The third-order valence-electron chi connectivity index (χ3n) is 5.09. The molecule has 32 heavy (non-hydrogen) atoms. The molecule has 1 aromatic heterocycles. The molecule has 0 unspecified atom stereocenters. The van der Waals surface area contributed by atoms with Crippen LogP contribution in [0.4, 0.5) is 0 Å². The van der Waals surface area contributed by atoms with Crippen LogP contribution in [0.5, 0.6) is 11.5 Å². The molecule has 0 aliphatic carbocycles. The smallest absolute Gasteiger partial charge is 0.336 e. The van der Waals surface area contributed by atoms with Crippen molar-refractivity contribution in [3.05, 3.63) is 100 Å². The number of aryl methyl sites for hydroxylation is 1. The van der Waals surface area contributed by atoms with Gasteiger partial charge in [-0.3, -0.25) is 4.79 Å². The van der Waals surface area contributed by atoms with Gasteiger partial charge in [-0.2, -0.15) is 0 Å². The quantitative estimate of drug-likeness (QED) is 0.294. The molecule has 0 radical (unpaired) electrons. The van der Waals surface area contributed by atoms with Crippen molar-refractivity contribution in [1.82, 2.24) is 0 Å². The zero-order valence-electron chi connectivity index (χ0n) is 17.8. The summed E-state index contributed by atoms with van der Waals surface area (Å²) in [5.74, 6) is 0.147. The van der Waals surface area contributed by atoms with Crippen molar-refractivity contribution >= 4 is 23.0 Å². The Kier molecular flexibility index (Phi) is 6.17. The van der Waals surface area contributed by atoms with Crippen molar-refractivity contribution in [2.45, 2.75) is 13.3 Å². The summed E-state index contributed by atoms with van der Waals surface area (Å²) in [5.41, 5.74) is 2.50. The van der Waals surface area contributed by atoms with Gasteiger partial charge in [-0.1, -0.05) is 55.5 Å². The predicted octanol–water partition coefficient (Wildman–Crippen LogP) is 5.65. The second kappa shape index (κ2) is 9.35. The zero-order chi connectivity index (χ0) is 22.5. The number of carbonyl (C=O) groups is 1. The monoisotopic (exact) mass is 426 g/mol. The van der Waals surface area contributed by atoms with Crippen LogP contribution in [0.1, 0.15) is 18.1 Å². The lowest BCUT2D eigenvalue weighted by molar-refractivity contribution is -0.129. The van der Waals surface area contributed by atoms with Crippen LogP contribution in [0, 0.1) is 0 Å². The summed E-state index contributed by atoms with van der Waals surface area (Å²) in [6.45, 7) is 2.01. The van der Waals surface area contributed by atoms with Crippen molar-refractivity contribution in [1.29, 1.82) is 0 Å². The number of ether oxygens (including phenoxy) is 2. The first-order valence-electron chi connectivity index (χ1n) is 10.3. The number of hydrogen-bond acceptors (Lipinski definition) is 5. The maximum absolute atomic E-state index is 13.3. The molecule has 3 aromatic carbocycles. The van der Waals surface area contributed by atoms with Gasteiger partial charge in [0, 0.05) is 11.6 Å². The van der Waals surface area contributed by atoms with Gasteiger partial charge in [0.1, 0.15) is 11.3 Å². The van der Waals surface area contributed by atoms with Gasteiger partial charge in [-0.05, 0) is 47.9 Å². The molecule has 0 aliphatic rings. The molecule has 4 aromatic rings. The molecule has 0 aliphatic heterocycles. The van der Waals surface area contributed by atoms with Gasteiger partial charge >= 0.3 is 5.97 Å². The van der Waals surface area contributed by atoms with Gasteiger partial charge in [-0.15, -0.1) is 0 Å². The average Bonchev–Trinajstić information content (AvgIpc) is 2.85. The second-order valence-electron chi connectivity index (χ2n) is 7.17. The van der Waals surface area contributed by atoms with E-state index in [9.17, 15) is 9.59 Å². The average molecular weight is 426 g/mol. The van der Waals surface area contributed by atoms with Crippen molar-refractivity contribution in [3.8, 4) is 22.8 Å². The van der Waals surface area contributed by atoms with Crippen LogP contribution < -0.4 is 14.9 Å². The Morgan fingerprint density at radius 1 is 1.00 bits per heavy atom.